The van der Waals surface area contributed by atoms with E-state index in [0.717, 1.165) is 0 Å². The summed E-state index contributed by atoms with van der Waals surface area (Å²) in [6, 6.07) is 7.87. The maximum atomic E-state index is 13.2. The molecule has 0 unspecified atom stereocenters. The number of amides is 1. The van der Waals surface area contributed by atoms with Gasteiger partial charge in [0.2, 0.25) is 0 Å². The average molecular weight is 309 g/mol. The van der Waals surface area contributed by atoms with Crippen molar-refractivity contribution in [3.63, 3.8) is 0 Å². The molecule has 108 valence electrons. The molecule has 0 spiro atoms. The van der Waals surface area contributed by atoms with E-state index >= 15 is 0 Å². The monoisotopic (exact) mass is 308 g/mol. The Morgan fingerprint density at radius 2 is 2.05 bits per heavy atom. The topological polar surface area (TPSA) is 72.2 Å². The second-order valence-corrected chi connectivity index (χ2v) is 4.69. The molecule has 0 fully saturated rings. The van der Waals surface area contributed by atoms with Crippen LogP contribution in [0.15, 0.2) is 36.4 Å². The first-order valence-electron chi connectivity index (χ1n) is 5.90. The number of nitro benzene ring substituents is 1. The highest BCUT2D eigenvalue weighted by atomic mass is 35.5. The lowest BCUT2D eigenvalue weighted by molar-refractivity contribution is -0.384. The van der Waals surface area contributed by atoms with E-state index in [4.69, 9.17) is 11.6 Å². The number of nitro groups is 1. The summed E-state index contributed by atoms with van der Waals surface area (Å²) in [7, 11) is 0. The summed E-state index contributed by atoms with van der Waals surface area (Å²) in [5.74, 6) is -1.14. The van der Waals surface area contributed by atoms with E-state index in [1.54, 1.807) is 6.92 Å². The minimum absolute atomic E-state index is 0.0467. The van der Waals surface area contributed by atoms with Crippen LogP contribution < -0.4 is 5.32 Å². The van der Waals surface area contributed by atoms with Crippen LogP contribution in [-0.4, -0.2) is 10.8 Å². The standard InChI is InChI=1S/C14H10ClFN2O3/c1-8-5-6-9(16)7-11(8)17-14(19)10-3-2-4-12(13(10)15)18(20)21/h2-7H,1H3,(H,17,19). The zero-order chi connectivity index (χ0) is 15.6. The largest absolute Gasteiger partial charge is 0.322 e. The molecule has 0 heterocycles. The van der Waals surface area contributed by atoms with Gasteiger partial charge in [-0.1, -0.05) is 23.7 Å². The summed E-state index contributed by atoms with van der Waals surface area (Å²) in [6.45, 7) is 1.70. The zero-order valence-corrected chi connectivity index (χ0v) is 11.6. The van der Waals surface area contributed by atoms with Gasteiger partial charge in [-0.25, -0.2) is 4.39 Å². The smallest absolute Gasteiger partial charge is 0.288 e. The van der Waals surface area contributed by atoms with Gasteiger partial charge in [-0.2, -0.15) is 0 Å². The lowest BCUT2D eigenvalue weighted by Gasteiger charge is -2.09. The van der Waals surface area contributed by atoms with Gasteiger partial charge in [-0.15, -0.1) is 0 Å². The van der Waals surface area contributed by atoms with Gasteiger partial charge >= 0.3 is 0 Å². The van der Waals surface area contributed by atoms with Gasteiger partial charge in [-0.3, -0.25) is 14.9 Å². The molecule has 0 aromatic heterocycles. The van der Waals surface area contributed by atoms with Crippen molar-refractivity contribution in [3.05, 3.63) is 68.5 Å². The van der Waals surface area contributed by atoms with Crippen molar-refractivity contribution in [2.75, 3.05) is 5.32 Å². The van der Waals surface area contributed by atoms with Gasteiger partial charge in [-0.05, 0) is 30.7 Å². The second-order valence-electron chi connectivity index (χ2n) is 4.31. The molecule has 21 heavy (non-hydrogen) atoms. The van der Waals surface area contributed by atoms with Crippen molar-refractivity contribution in [1.29, 1.82) is 0 Å². The van der Waals surface area contributed by atoms with Crippen molar-refractivity contribution in [2.24, 2.45) is 0 Å². The van der Waals surface area contributed by atoms with Gasteiger partial charge < -0.3 is 5.32 Å². The van der Waals surface area contributed by atoms with Gasteiger partial charge in [0, 0.05) is 11.8 Å². The predicted octanol–water partition coefficient (Wildman–Crippen LogP) is 3.95. The van der Waals surface area contributed by atoms with Crippen molar-refractivity contribution in [1.82, 2.24) is 0 Å². The molecule has 0 aliphatic rings. The third kappa shape index (κ3) is 3.17. The second kappa shape index (κ2) is 5.88. The highest BCUT2D eigenvalue weighted by molar-refractivity contribution is 6.36. The van der Waals surface area contributed by atoms with Crippen molar-refractivity contribution in [3.8, 4) is 0 Å². The number of aryl methyl sites for hydroxylation is 1. The van der Waals surface area contributed by atoms with Gasteiger partial charge in [0.05, 0.1) is 10.5 Å². The van der Waals surface area contributed by atoms with Gasteiger partial charge in [0.25, 0.3) is 11.6 Å². The minimum atomic E-state index is -0.674. The fourth-order valence-electron chi connectivity index (χ4n) is 1.75. The molecule has 0 atom stereocenters. The number of benzene rings is 2. The van der Waals surface area contributed by atoms with E-state index in [2.05, 4.69) is 5.32 Å². The molecule has 1 amide bonds. The quantitative estimate of drug-likeness (QED) is 0.689. The Labute approximate surface area is 124 Å². The van der Waals surface area contributed by atoms with Crippen LogP contribution >= 0.6 is 11.6 Å². The highest BCUT2D eigenvalue weighted by Crippen LogP contribution is 2.28. The van der Waals surface area contributed by atoms with E-state index < -0.39 is 16.6 Å². The van der Waals surface area contributed by atoms with Gasteiger partial charge in [0.1, 0.15) is 10.8 Å². The van der Waals surface area contributed by atoms with Crippen LogP contribution in [0.3, 0.4) is 0 Å². The van der Waals surface area contributed by atoms with Crippen LogP contribution in [0.5, 0.6) is 0 Å². The van der Waals surface area contributed by atoms with E-state index in [-0.39, 0.29) is 22.0 Å². The van der Waals surface area contributed by atoms with Crippen LogP contribution in [0.2, 0.25) is 5.02 Å². The molecule has 0 aliphatic heterocycles. The minimum Gasteiger partial charge on any atom is -0.322 e. The molecule has 0 aliphatic carbocycles. The fraction of sp³-hybridized carbons (Fsp3) is 0.0714. The van der Waals surface area contributed by atoms with E-state index in [9.17, 15) is 19.3 Å². The molecule has 0 bridgehead atoms. The molecule has 0 saturated heterocycles. The van der Waals surface area contributed by atoms with Gasteiger partial charge in [0.15, 0.2) is 0 Å². The van der Waals surface area contributed by atoms with Crippen LogP contribution in [0.4, 0.5) is 15.8 Å². The highest BCUT2D eigenvalue weighted by Gasteiger charge is 2.20. The number of hydrogen-bond donors (Lipinski definition) is 1. The van der Waals surface area contributed by atoms with Crippen LogP contribution in [-0.2, 0) is 0 Å². The third-order valence-electron chi connectivity index (χ3n) is 2.87. The Morgan fingerprint density at radius 3 is 2.71 bits per heavy atom. The number of nitrogens with one attached hydrogen (secondary N) is 1. The molecule has 1 N–H and O–H groups in total. The fourth-order valence-corrected chi connectivity index (χ4v) is 2.04. The third-order valence-corrected chi connectivity index (χ3v) is 3.26. The number of nitrogens with zero attached hydrogens (tertiary/aromatic N) is 1. The summed E-state index contributed by atoms with van der Waals surface area (Å²) in [5.41, 5.74) is 0.531. The first kappa shape index (κ1) is 14.9. The van der Waals surface area contributed by atoms with Crippen molar-refractivity contribution in [2.45, 2.75) is 6.92 Å². The van der Waals surface area contributed by atoms with Crippen LogP contribution in [0.1, 0.15) is 15.9 Å². The molecule has 7 heteroatoms. The summed E-state index contributed by atoms with van der Waals surface area (Å²) in [5, 5.41) is 13.0. The first-order chi connectivity index (χ1) is 9.90. The average Bonchev–Trinajstić information content (AvgIpc) is 2.42. The summed E-state index contributed by atoms with van der Waals surface area (Å²) >= 11 is 5.86. The molecular formula is C14H10ClFN2O3. The van der Waals surface area contributed by atoms with Crippen LogP contribution in [0.25, 0.3) is 0 Å². The summed E-state index contributed by atoms with van der Waals surface area (Å²) in [4.78, 5) is 22.3. The van der Waals surface area contributed by atoms with Crippen LogP contribution in [0, 0.1) is 22.9 Å². The Morgan fingerprint density at radius 1 is 1.33 bits per heavy atom. The number of anilines is 1. The van der Waals surface area contributed by atoms with E-state index in [0.29, 0.717) is 5.56 Å². The summed E-state index contributed by atoms with van der Waals surface area (Å²) in [6.07, 6.45) is 0. The lowest BCUT2D eigenvalue weighted by atomic mass is 10.1. The SMILES string of the molecule is Cc1ccc(F)cc1NC(=O)c1cccc([N+](=O)[O-])c1Cl. The van der Waals surface area contributed by atoms with E-state index in [1.165, 1.54) is 36.4 Å². The Balaban J connectivity index is 2.35. The normalized spacial score (nSPS) is 10.2. The molecule has 5 nitrogen and oxygen atoms in total. The molecule has 0 radical (unpaired) electrons. The van der Waals surface area contributed by atoms with Crippen molar-refractivity contribution >= 4 is 28.9 Å². The predicted molar refractivity (Wildman–Crippen MR) is 77.2 cm³/mol. The molecule has 2 rings (SSSR count). The molecule has 2 aromatic carbocycles. The Hall–Kier alpha value is -2.47. The Kier molecular flexibility index (Phi) is 4.18. The molecule has 2 aromatic rings. The lowest BCUT2D eigenvalue weighted by Crippen LogP contribution is -2.14. The number of hydrogen-bond acceptors (Lipinski definition) is 3. The summed E-state index contributed by atoms with van der Waals surface area (Å²) < 4.78 is 13.2. The number of carbonyl (C=O) groups excluding carboxylic acids is 1. The Bertz CT molecular complexity index is 734. The molecule has 0 saturated carbocycles. The zero-order valence-electron chi connectivity index (χ0n) is 10.9. The number of carbonyl (C=O) groups is 1. The number of rotatable bonds is 3. The molecular weight excluding hydrogens is 299 g/mol. The van der Waals surface area contributed by atoms with E-state index in [1.807, 2.05) is 0 Å². The maximum Gasteiger partial charge on any atom is 0.288 e. The maximum absolute atomic E-state index is 13.2. The number of halogens is 2. The van der Waals surface area contributed by atoms with Crippen molar-refractivity contribution < 1.29 is 14.1 Å². The first-order valence-corrected chi connectivity index (χ1v) is 6.28.